The van der Waals surface area contributed by atoms with Crippen LogP contribution in [0, 0.1) is 5.92 Å². The van der Waals surface area contributed by atoms with Crippen molar-refractivity contribution in [1.29, 1.82) is 0 Å². The highest BCUT2D eigenvalue weighted by molar-refractivity contribution is 7.80. The van der Waals surface area contributed by atoms with Crippen LogP contribution in [0.4, 0.5) is 0 Å². The first-order valence-electron chi connectivity index (χ1n) is 8.19. The Morgan fingerprint density at radius 2 is 2.08 bits per heavy atom. The van der Waals surface area contributed by atoms with E-state index in [4.69, 9.17) is 26.4 Å². The molecule has 0 amide bonds. The van der Waals surface area contributed by atoms with E-state index in [1.54, 1.807) is 14.0 Å². The van der Waals surface area contributed by atoms with Crippen LogP contribution in [-0.2, 0) is 20.9 Å². The first kappa shape index (κ1) is 19.2. The predicted molar refractivity (Wildman–Crippen MR) is 99.2 cm³/mol. The molecule has 6 nitrogen and oxygen atoms in total. The number of hydrogen-bond donors (Lipinski definition) is 2. The van der Waals surface area contributed by atoms with Crippen LogP contribution < -0.4 is 15.4 Å². The van der Waals surface area contributed by atoms with Gasteiger partial charge >= 0.3 is 5.97 Å². The lowest BCUT2D eigenvalue weighted by Crippen LogP contribution is -2.51. The van der Waals surface area contributed by atoms with E-state index >= 15 is 0 Å². The van der Waals surface area contributed by atoms with Crippen molar-refractivity contribution >= 4 is 23.3 Å². The topological polar surface area (TPSA) is 68.8 Å². The molecule has 1 aromatic carbocycles. The highest BCUT2D eigenvalue weighted by Gasteiger charge is 2.37. The molecule has 0 unspecified atom stereocenters. The quantitative estimate of drug-likeness (QED) is 0.569. The second kappa shape index (κ2) is 8.82. The number of benzene rings is 1. The van der Waals surface area contributed by atoms with Crippen molar-refractivity contribution in [3.8, 4) is 5.75 Å². The Labute approximate surface area is 153 Å². The summed E-state index contributed by atoms with van der Waals surface area (Å²) in [6, 6.07) is 5.35. The SMILES string of the molecule is C=C1NC(=S)N[C@H](c2ccc(OC)c(COCC)c2)[C@H]1C(=O)OCC. The van der Waals surface area contributed by atoms with Gasteiger partial charge in [0.15, 0.2) is 5.11 Å². The molecule has 0 aromatic heterocycles. The monoisotopic (exact) mass is 364 g/mol. The molecule has 0 bridgehead atoms. The standard InChI is InChI=1S/C18H24N2O4S/c1-5-23-10-13-9-12(7-8-14(13)22-4)16-15(17(21)24-6-2)11(3)19-18(25)20-16/h7-9,15-16H,3,5-6,10H2,1-2,4H3,(H2,19,20,25)/t15-,16+/m0/s1. The first-order chi connectivity index (χ1) is 12.0. The Morgan fingerprint density at radius 3 is 2.72 bits per heavy atom. The van der Waals surface area contributed by atoms with Gasteiger partial charge < -0.3 is 24.8 Å². The molecule has 25 heavy (non-hydrogen) atoms. The minimum atomic E-state index is -0.583. The Morgan fingerprint density at radius 1 is 1.32 bits per heavy atom. The van der Waals surface area contributed by atoms with Crippen molar-refractivity contribution in [1.82, 2.24) is 10.6 Å². The number of esters is 1. The van der Waals surface area contributed by atoms with E-state index in [-0.39, 0.29) is 12.0 Å². The average Bonchev–Trinajstić information content (AvgIpc) is 2.59. The lowest BCUT2D eigenvalue weighted by molar-refractivity contribution is -0.147. The van der Waals surface area contributed by atoms with Crippen LogP contribution in [0.2, 0.25) is 0 Å². The molecule has 0 aliphatic carbocycles. The second-order valence-corrected chi connectivity index (χ2v) is 5.95. The minimum absolute atomic E-state index is 0.304. The zero-order valence-electron chi connectivity index (χ0n) is 14.8. The molecule has 1 aliphatic rings. The minimum Gasteiger partial charge on any atom is -0.496 e. The van der Waals surface area contributed by atoms with Crippen molar-refractivity contribution in [3.63, 3.8) is 0 Å². The van der Waals surface area contributed by atoms with E-state index in [1.807, 2.05) is 25.1 Å². The van der Waals surface area contributed by atoms with Gasteiger partial charge in [0.05, 0.1) is 26.4 Å². The van der Waals surface area contributed by atoms with Crippen molar-refractivity contribution in [2.75, 3.05) is 20.3 Å². The maximum Gasteiger partial charge on any atom is 0.317 e. The molecule has 2 rings (SSSR count). The van der Waals surface area contributed by atoms with Crippen molar-refractivity contribution < 1.29 is 19.0 Å². The van der Waals surface area contributed by atoms with Gasteiger partial charge in [0.25, 0.3) is 0 Å². The van der Waals surface area contributed by atoms with Crippen LogP contribution in [0.1, 0.15) is 31.0 Å². The third-order valence-corrected chi connectivity index (χ3v) is 4.16. The largest absolute Gasteiger partial charge is 0.496 e. The van der Waals surface area contributed by atoms with Crippen LogP contribution >= 0.6 is 12.2 Å². The zero-order valence-corrected chi connectivity index (χ0v) is 15.6. The molecular weight excluding hydrogens is 340 g/mol. The van der Waals surface area contributed by atoms with E-state index in [0.29, 0.717) is 30.6 Å². The predicted octanol–water partition coefficient (Wildman–Crippen LogP) is 2.44. The molecule has 0 spiro atoms. The molecule has 0 radical (unpaired) electrons. The summed E-state index contributed by atoms with van der Waals surface area (Å²) in [7, 11) is 1.62. The van der Waals surface area contributed by atoms with Gasteiger partial charge in [-0.25, -0.2) is 0 Å². The highest BCUT2D eigenvalue weighted by atomic mass is 32.1. The summed E-state index contributed by atoms with van der Waals surface area (Å²) < 4.78 is 16.1. The lowest BCUT2D eigenvalue weighted by Gasteiger charge is -2.35. The Bertz CT molecular complexity index is 662. The van der Waals surface area contributed by atoms with Gasteiger partial charge in [0, 0.05) is 17.9 Å². The van der Waals surface area contributed by atoms with Gasteiger partial charge in [-0.2, -0.15) is 0 Å². The second-order valence-electron chi connectivity index (χ2n) is 5.54. The first-order valence-corrected chi connectivity index (χ1v) is 8.60. The Hall–Kier alpha value is -2.12. The summed E-state index contributed by atoms with van der Waals surface area (Å²) in [5.74, 6) is -0.192. The summed E-state index contributed by atoms with van der Waals surface area (Å²) in [6.45, 7) is 8.98. The van der Waals surface area contributed by atoms with Gasteiger partial charge in [-0.05, 0) is 43.8 Å². The van der Waals surface area contributed by atoms with E-state index in [9.17, 15) is 4.79 Å². The highest BCUT2D eigenvalue weighted by Crippen LogP contribution is 2.33. The molecule has 2 N–H and O–H groups in total. The molecule has 7 heteroatoms. The average molecular weight is 364 g/mol. The fourth-order valence-electron chi connectivity index (χ4n) is 2.79. The zero-order chi connectivity index (χ0) is 18.4. The molecule has 1 heterocycles. The number of carbonyl (C=O) groups excluding carboxylic acids is 1. The number of nitrogens with one attached hydrogen (secondary N) is 2. The number of carbonyl (C=O) groups is 1. The van der Waals surface area contributed by atoms with Crippen LogP contribution in [0.15, 0.2) is 30.5 Å². The van der Waals surface area contributed by atoms with Crippen molar-refractivity contribution in [3.05, 3.63) is 41.6 Å². The molecule has 136 valence electrons. The third kappa shape index (κ3) is 4.49. The molecule has 0 saturated carbocycles. The number of hydrogen-bond acceptors (Lipinski definition) is 5. The molecule has 1 saturated heterocycles. The van der Waals surface area contributed by atoms with Crippen LogP contribution in [0.3, 0.4) is 0 Å². The number of rotatable bonds is 7. The van der Waals surface area contributed by atoms with Crippen molar-refractivity contribution in [2.24, 2.45) is 5.92 Å². The van der Waals surface area contributed by atoms with Crippen LogP contribution in [0.5, 0.6) is 5.75 Å². The van der Waals surface area contributed by atoms with Gasteiger partial charge in [-0.15, -0.1) is 0 Å². The van der Waals surface area contributed by atoms with Gasteiger partial charge in [-0.3, -0.25) is 4.79 Å². The lowest BCUT2D eigenvalue weighted by atomic mass is 9.88. The fourth-order valence-corrected chi connectivity index (χ4v) is 3.05. The van der Waals surface area contributed by atoms with Gasteiger partial charge in [0.2, 0.25) is 0 Å². The smallest absolute Gasteiger partial charge is 0.317 e. The van der Waals surface area contributed by atoms with E-state index in [2.05, 4.69) is 17.2 Å². The van der Waals surface area contributed by atoms with Gasteiger partial charge in [0.1, 0.15) is 11.7 Å². The summed E-state index contributed by atoms with van der Waals surface area (Å²) in [5, 5.41) is 6.49. The maximum absolute atomic E-state index is 12.4. The van der Waals surface area contributed by atoms with Gasteiger partial charge in [-0.1, -0.05) is 12.6 Å². The third-order valence-electron chi connectivity index (χ3n) is 3.94. The van der Waals surface area contributed by atoms with E-state index in [0.717, 1.165) is 16.9 Å². The number of methoxy groups -OCH3 is 1. The fraction of sp³-hybridized carbons (Fsp3) is 0.444. The van der Waals surface area contributed by atoms with Crippen LogP contribution in [0.25, 0.3) is 0 Å². The van der Waals surface area contributed by atoms with E-state index < -0.39 is 5.92 Å². The number of thiocarbonyl (C=S) groups is 1. The molecule has 1 aromatic rings. The molecule has 1 fully saturated rings. The maximum atomic E-state index is 12.4. The molecule has 1 aliphatic heterocycles. The summed E-state index contributed by atoms with van der Waals surface area (Å²) in [5.41, 5.74) is 2.31. The molecular formula is C18H24N2O4S. The van der Waals surface area contributed by atoms with Crippen LogP contribution in [-0.4, -0.2) is 31.4 Å². The van der Waals surface area contributed by atoms with E-state index in [1.165, 1.54) is 0 Å². The summed E-state index contributed by atoms with van der Waals surface area (Å²) in [6.07, 6.45) is 0. The normalized spacial score (nSPS) is 19.8. The summed E-state index contributed by atoms with van der Waals surface area (Å²) in [4.78, 5) is 12.4. The Balaban J connectivity index is 2.38. The molecule has 2 atom stereocenters. The van der Waals surface area contributed by atoms with Crippen molar-refractivity contribution in [2.45, 2.75) is 26.5 Å². The summed E-state index contributed by atoms with van der Waals surface area (Å²) >= 11 is 5.23. The number of ether oxygens (including phenoxy) is 3. The Kier molecular flexibility index (Phi) is 6.78.